The molecular formula is C22H24N4OS. The van der Waals surface area contributed by atoms with Gasteiger partial charge in [-0.2, -0.15) is 0 Å². The second-order valence-corrected chi connectivity index (χ2v) is 7.29. The molecule has 2 aromatic heterocycles. The Labute approximate surface area is 171 Å². The summed E-state index contributed by atoms with van der Waals surface area (Å²) in [5.74, 6) is 0. The lowest BCUT2D eigenvalue weighted by Crippen LogP contribution is -2.33. The highest BCUT2D eigenvalue weighted by molar-refractivity contribution is 7.80. The molecule has 1 saturated heterocycles. The zero-order valence-electron chi connectivity index (χ0n) is 16.1. The van der Waals surface area contributed by atoms with Gasteiger partial charge in [0, 0.05) is 37.4 Å². The number of aromatic nitrogens is 2. The number of rotatable bonds is 6. The number of hydrogen-bond donors (Lipinski definition) is 1. The fourth-order valence-corrected chi connectivity index (χ4v) is 4.18. The summed E-state index contributed by atoms with van der Waals surface area (Å²) in [6.45, 7) is 3.46. The average molecular weight is 393 g/mol. The van der Waals surface area contributed by atoms with Gasteiger partial charge in [0.1, 0.15) is 0 Å². The predicted octanol–water partition coefficient (Wildman–Crippen LogP) is 3.80. The van der Waals surface area contributed by atoms with Crippen LogP contribution in [0, 0.1) is 6.92 Å². The van der Waals surface area contributed by atoms with Crippen molar-refractivity contribution in [3.8, 4) is 5.69 Å². The number of pyridine rings is 1. The largest absolute Gasteiger partial charge is 0.383 e. The lowest BCUT2D eigenvalue weighted by Gasteiger charge is -2.29. The molecule has 1 fully saturated rings. The monoisotopic (exact) mass is 392 g/mol. The van der Waals surface area contributed by atoms with Crippen LogP contribution in [-0.4, -0.2) is 39.8 Å². The van der Waals surface area contributed by atoms with Gasteiger partial charge >= 0.3 is 0 Å². The molecule has 0 amide bonds. The molecule has 0 unspecified atom stereocenters. The molecule has 28 heavy (non-hydrogen) atoms. The maximum absolute atomic E-state index is 5.69. The van der Waals surface area contributed by atoms with Crippen molar-refractivity contribution >= 4 is 17.3 Å². The van der Waals surface area contributed by atoms with Gasteiger partial charge in [-0.25, -0.2) is 0 Å². The Balaban J connectivity index is 1.81. The fourth-order valence-electron chi connectivity index (χ4n) is 3.85. The highest BCUT2D eigenvalue weighted by atomic mass is 32.1. The Hall–Kier alpha value is -2.70. The molecule has 1 aliphatic rings. The quantitative estimate of drug-likeness (QED) is 0.647. The van der Waals surface area contributed by atoms with Crippen molar-refractivity contribution in [2.24, 2.45) is 0 Å². The molecule has 0 spiro atoms. The van der Waals surface area contributed by atoms with Gasteiger partial charge in [0.05, 0.1) is 24.4 Å². The van der Waals surface area contributed by atoms with Crippen LogP contribution in [0.3, 0.4) is 0 Å². The number of aryl methyl sites for hydroxylation is 1. The van der Waals surface area contributed by atoms with E-state index in [4.69, 9.17) is 17.0 Å². The Kier molecular flexibility index (Phi) is 5.41. The first kappa shape index (κ1) is 18.7. The summed E-state index contributed by atoms with van der Waals surface area (Å²) in [7, 11) is 1.72. The van der Waals surface area contributed by atoms with Crippen LogP contribution in [0.4, 0.5) is 0 Å². The smallest absolute Gasteiger partial charge is 0.170 e. The molecule has 5 nitrogen and oxygen atoms in total. The van der Waals surface area contributed by atoms with E-state index >= 15 is 0 Å². The van der Waals surface area contributed by atoms with Gasteiger partial charge < -0.3 is 19.5 Å². The molecule has 1 N–H and O–H groups in total. The van der Waals surface area contributed by atoms with Crippen molar-refractivity contribution in [2.75, 3.05) is 20.3 Å². The summed E-state index contributed by atoms with van der Waals surface area (Å²) < 4.78 is 7.60. The van der Waals surface area contributed by atoms with E-state index in [1.54, 1.807) is 7.11 Å². The molecule has 3 aromatic rings. The topological polar surface area (TPSA) is 42.3 Å². The lowest BCUT2D eigenvalue weighted by atomic mass is 10.0. The van der Waals surface area contributed by atoms with Crippen LogP contribution in [0.2, 0.25) is 0 Å². The van der Waals surface area contributed by atoms with Crippen LogP contribution >= 0.6 is 12.2 Å². The SMILES string of the molecule is COCCN1C(=S)N[C@@H](c2ccccn2)[C@H]1c1cccn1-c1ccccc1C. The highest BCUT2D eigenvalue weighted by Crippen LogP contribution is 2.39. The number of ether oxygens (including phenoxy) is 1. The standard InChI is InChI=1S/C22H24N4OS/c1-16-8-3-4-10-18(16)25-13-7-11-19(25)21-20(17-9-5-6-12-23-17)24-22(28)26(21)14-15-27-2/h3-13,20-21H,14-15H2,1-2H3,(H,24,28)/t20-,21+/m0/s1. The van der Waals surface area contributed by atoms with Crippen molar-refractivity contribution < 1.29 is 4.74 Å². The van der Waals surface area contributed by atoms with E-state index in [1.807, 2.05) is 24.4 Å². The van der Waals surface area contributed by atoms with Gasteiger partial charge in [0.25, 0.3) is 0 Å². The Morgan fingerprint density at radius 1 is 1.11 bits per heavy atom. The summed E-state index contributed by atoms with van der Waals surface area (Å²) in [6.07, 6.45) is 3.94. The number of hydrogen-bond acceptors (Lipinski definition) is 3. The number of nitrogens with one attached hydrogen (secondary N) is 1. The van der Waals surface area contributed by atoms with Gasteiger partial charge in [0.15, 0.2) is 5.11 Å². The lowest BCUT2D eigenvalue weighted by molar-refractivity contribution is 0.163. The van der Waals surface area contributed by atoms with Gasteiger partial charge in [-0.1, -0.05) is 24.3 Å². The highest BCUT2D eigenvalue weighted by Gasteiger charge is 2.41. The van der Waals surface area contributed by atoms with E-state index in [1.165, 1.54) is 16.9 Å². The normalized spacial score (nSPS) is 19.1. The maximum atomic E-state index is 5.69. The molecule has 2 atom stereocenters. The van der Waals surface area contributed by atoms with Crippen LogP contribution in [0.1, 0.15) is 29.0 Å². The minimum absolute atomic E-state index is 0.0205. The number of nitrogens with zero attached hydrogens (tertiary/aromatic N) is 3. The molecule has 4 rings (SSSR count). The van der Waals surface area contributed by atoms with Crippen LogP contribution in [0.5, 0.6) is 0 Å². The van der Waals surface area contributed by atoms with E-state index in [2.05, 4.69) is 69.3 Å². The summed E-state index contributed by atoms with van der Waals surface area (Å²) in [4.78, 5) is 6.81. The summed E-state index contributed by atoms with van der Waals surface area (Å²) in [5, 5.41) is 4.22. The first-order valence-electron chi connectivity index (χ1n) is 9.41. The first-order chi connectivity index (χ1) is 13.7. The molecule has 0 bridgehead atoms. The Bertz CT molecular complexity index is 956. The predicted molar refractivity (Wildman–Crippen MR) is 115 cm³/mol. The van der Waals surface area contributed by atoms with Crippen LogP contribution < -0.4 is 5.32 Å². The minimum Gasteiger partial charge on any atom is -0.383 e. The van der Waals surface area contributed by atoms with E-state index in [9.17, 15) is 0 Å². The number of benzene rings is 1. The van der Waals surface area contributed by atoms with Gasteiger partial charge in [-0.3, -0.25) is 4.98 Å². The molecule has 144 valence electrons. The molecule has 0 aliphatic carbocycles. The minimum atomic E-state index is -0.0248. The molecule has 0 saturated carbocycles. The van der Waals surface area contributed by atoms with E-state index in [0.29, 0.717) is 6.61 Å². The first-order valence-corrected chi connectivity index (χ1v) is 9.82. The molecular weight excluding hydrogens is 368 g/mol. The second-order valence-electron chi connectivity index (χ2n) is 6.90. The number of para-hydroxylation sites is 1. The second kappa shape index (κ2) is 8.12. The zero-order valence-corrected chi connectivity index (χ0v) is 16.9. The van der Waals surface area contributed by atoms with Gasteiger partial charge in [-0.05, 0) is 55.0 Å². The van der Waals surface area contributed by atoms with Crippen LogP contribution in [0.15, 0.2) is 67.0 Å². The van der Waals surface area contributed by atoms with E-state index in [-0.39, 0.29) is 12.1 Å². The number of methoxy groups -OCH3 is 1. The molecule has 1 aliphatic heterocycles. The van der Waals surface area contributed by atoms with Crippen molar-refractivity contribution in [1.82, 2.24) is 19.8 Å². The van der Waals surface area contributed by atoms with Crippen molar-refractivity contribution in [3.05, 3.63) is 83.9 Å². The zero-order chi connectivity index (χ0) is 19.5. The fraction of sp³-hybridized carbons (Fsp3) is 0.273. The molecule has 6 heteroatoms. The van der Waals surface area contributed by atoms with Gasteiger partial charge in [-0.15, -0.1) is 0 Å². The summed E-state index contributed by atoms with van der Waals surface area (Å²) in [5.41, 5.74) is 4.55. The van der Waals surface area contributed by atoms with E-state index < -0.39 is 0 Å². The summed E-state index contributed by atoms with van der Waals surface area (Å²) in [6, 6.07) is 18.7. The summed E-state index contributed by atoms with van der Waals surface area (Å²) >= 11 is 5.69. The Morgan fingerprint density at radius 3 is 2.68 bits per heavy atom. The third kappa shape index (κ3) is 3.41. The van der Waals surface area contributed by atoms with Crippen LogP contribution in [-0.2, 0) is 4.74 Å². The number of thiocarbonyl (C=S) groups is 1. The van der Waals surface area contributed by atoms with Crippen molar-refractivity contribution in [1.29, 1.82) is 0 Å². The third-order valence-electron chi connectivity index (χ3n) is 5.19. The Morgan fingerprint density at radius 2 is 1.93 bits per heavy atom. The van der Waals surface area contributed by atoms with Crippen LogP contribution in [0.25, 0.3) is 5.69 Å². The molecule has 0 radical (unpaired) electrons. The maximum Gasteiger partial charge on any atom is 0.170 e. The van der Waals surface area contributed by atoms with Crippen molar-refractivity contribution in [2.45, 2.75) is 19.0 Å². The molecule has 3 heterocycles. The van der Waals surface area contributed by atoms with Gasteiger partial charge in [0.2, 0.25) is 0 Å². The van der Waals surface area contributed by atoms with Crippen molar-refractivity contribution in [3.63, 3.8) is 0 Å². The van der Waals surface area contributed by atoms with E-state index in [0.717, 1.165) is 17.4 Å². The third-order valence-corrected chi connectivity index (χ3v) is 5.54. The average Bonchev–Trinajstić information content (AvgIpc) is 3.31. The molecule has 1 aromatic carbocycles.